The molecule has 0 fully saturated rings. The van der Waals surface area contributed by atoms with E-state index in [0.717, 1.165) is 11.3 Å². The first kappa shape index (κ1) is 16.0. The molecule has 24 heavy (non-hydrogen) atoms. The number of hydrogen-bond acceptors (Lipinski definition) is 5. The van der Waals surface area contributed by atoms with Crippen LogP contribution in [0.5, 0.6) is 0 Å². The van der Waals surface area contributed by atoms with E-state index in [1.807, 2.05) is 24.3 Å². The molecule has 0 saturated carbocycles. The highest BCUT2D eigenvalue weighted by Gasteiger charge is 2.32. The van der Waals surface area contributed by atoms with Crippen LogP contribution in [-0.4, -0.2) is 47.6 Å². The Kier molecular flexibility index (Phi) is 4.22. The topological polar surface area (TPSA) is 108 Å². The van der Waals surface area contributed by atoms with E-state index in [1.165, 1.54) is 7.11 Å². The smallest absolute Gasteiger partial charge is 0.356 e. The summed E-state index contributed by atoms with van der Waals surface area (Å²) in [6.07, 6.45) is 0. The molecule has 126 valence electrons. The van der Waals surface area contributed by atoms with E-state index < -0.39 is 5.97 Å². The molecule has 8 heteroatoms. The third-order valence-corrected chi connectivity index (χ3v) is 4.16. The number of amides is 2. The molecule has 1 aliphatic rings. The number of aromatic amines is 1. The van der Waals surface area contributed by atoms with Crippen molar-refractivity contribution in [2.45, 2.75) is 12.8 Å². The van der Waals surface area contributed by atoms with Gasteiger partial charge in [0.05, 0.1) is 13.7 Å². The highest BCUT2D eigenvalue weighted by molar-refractivity contribution is 6.04. The highest BCUT2D eigenvalue weighted by atomic mass is 16.5. The molecule has 2 amide bonds. The third-order valence-electron chi connectivity index (χ3n) is 4.16. The number of H-pyrrole nitrogens is 1. The number of rotatable bonds is 3. The van der Waals surface area contributed by atoms with Gasteiger partial charge in [-0.3, -0.25) is 15.3 Å². The average molecular weight is 330 g/mol. The van der Waals surface area contributed by atoms with Crippen LogP contribution in [0.15, 0.2) is 24.3 Å². The number of carbonyl (C=O) groups is 2. The van der Waals surface area contributed by atoms with Gasteiger partial charge in [-0.1, -0.05) is 18.2 Å². The number of ether oxygens (including phenoxy) is 1. The molecule has 8 nitrogen and oxygen atoms in total. The predicted molar refractivity (Wildman–Crippen MR) is 87.3 cm³/mol. The number of nitrogens with zero attached hydrogens (tertiary/aromatic N) is 2. The first-order valence-corrected chi connectivity index (χ1v) is 7.48. The molecule has 2 aromatic rings. The largest absolute Gasteiger partial charge is 0.464 e. The lowest BCUT2D eigenvalue weighted by molar-refractivity contribution is 0.0593. The van der Waals surface area contributed by atoms with E-state index >= 15 is 0 Å². The Morgan fingerprint density at radius 2 is 2.21 bits per heavy atom. The fourth-order valence-electron chi connectivity index (χ4n) is 2.83. The zero-order valence-electron chi connectivity index (χ0n) is 13.4. The van der Waals surface area contributed by atoms with Crippen molar-refractivity contribution in [2.75, 3.05) is 30.5 Å². The second-order valence-corrected chi connectivity index (χ2v) is 5.54. The maximum Gasteiger partial charge on any atom is 0.356 e. The number of benzene rings is 1. The zero-order chi connectivity index (χ0) is 17.3. The molecule has 0 saturated heterocycles. The highest BCUT2D eigenvalue weighted by Crippen LogP contribution is 2.36. The predicted octanol–water partition coefficient (Wildman–Crippen LogP) is 1.63. The molecule has 1 unspecified atom stereocenters. The summed E-state index contributed by atoms with van der Waals surface area (Å²) < 4.78 is 4.65. The Morgan fingerprint density at radius 3 is 2.92 bits per heavy atom. The lowest BCUT2D eigenvalue weighted by Crippen LogP contribution is -2.34. The Morgan fingerprint density at radius 1 is 1.46 bits per heavy atom. The van der Waals surface area contributed by atoms with Gasteiger partial charge in [-0.25, -0.2) is 9.59 Å². The third kappa shape index (κ3) is 2.61. The monoisotopic (exact) mass is 330 g/mol. The number of aromatic nitrogens is 2. The molecule has 3 N–H and O–H groups in total. The van der Waals surface area contributed by atoms with Crippen LogP contribution in [0.2, 0.25) is 0 Å². The van der Waals surface area contributed by atoms with E-state index in [2.05, 4.69) is 20.3 Å². The van der Waals surface area contributed by atoms with Gasteiger partial charge < -0.3 is 9.84 Å². The Balaban J connectivity index is 1.82. The molecule has 1 aromatic carbocycles. The summed E-state index contributed by atoms with van der Waals surface area (Å²) in [5.41, 5.74) is 2.39. The lowest BCUT2D eigenvalue weighted by atomic mass is 10.0. The molecule has 1 aliphatic heterocycles. The van der Waals surface area contributed by atoms with Gasteiger partial charge in [-0.15, -0.1) is 0 Å². The summed E-state index contributed by atoms with van der Waals surface area (Å²) >= 11 is 0. The summed E-state index contributed by atoms with van der Waals surface area (Å²) in [5, 5.41) is 18.7. The van der Waals surface area contributed by atoms with E-state index in [4.69, 9.17) is 0 Å². The number of hydrogen-bond donors (Lipinski definition) is 3. The normalized spacial score (nSPS) is 16.0. The number of anilines is 2. The van der Waals surface area contributed by atoms with Gasteiger partial charge in [0.2, 0.25) is 0 Å². The number of esters is 1. The minimum Gasteiger partial charge on any atom is -0.464 e. The maximum atomic E-state index is 12.6. The molecule has 0 bridgehead atoms. The summed E-state index contributed by atoms with van der Waals surface area (Å²) in [6.45, 7) is 2.02. The van der Waals surface area contributed by atoms with Gasteiger partial charge in [-0.2, -0.15) is 5.10 Å². The Bertz CT molecular complexity index is 786. The van der Waals surface area contributed by atoms with Gasteiger partial charge in [-0.05, 0) is 18.6 Å². The van der Waals surface area contributed by atoms with Crippen molar-refractivity contribution in [1.29, 1.82) is 0 Å². The number of aliphatic hydroxyl groups is 1. The van der Waals surface area contributed by atoms with Crippen molar-refractivity contribution in [1.82, 2.24) is 10.2 Å². The molecular formula is C16H18N4O4. The second-order valence-electron chi connectivity index (χ2n) is 5.54. The zero-order valence-corrected chi connectivity index (χ0v) is 13.4. The molecule has 2 heterocycles. The Hall–Kier alpha value is -2.87. The molecule has 3 rings (SSSR count). The van der Waals surface area contributed by atoms with E-state index in [9.17, 15) is 14.7 Å². The number of nitrogens with one attached hydrogen (secondary N) is 2. The number of para-hydroxylation sites is 1. The molecule has 0 radical (unpaired) electrons. The van der Waals surface area contributed by atoms with Crippen LogP contribution in [0.1, 0.15) is 27.5 Å². The van der Waals surface area contributed by atoms with Crippen LogP contribution < -0.4 is 10.2 Å². The van der Waals surface area contributed by atoms with Gasteiger partial charge in [0, 0.05) is 23.7 Å². The summed E-state index contributed by atoms with van der Waals surface area (Å²) in [5.74, 6) is -0.393. The standard InChI is InChI=1S/C16H18N4O4/c1-9-13(15(22)24-2)18-19-14(9)17-16(23)20-7-10(8-21)11-5-3-4-6-12(11)20/h3-6,10,21H,7-8H2,1-2H3,(H2,17,18,19,23). The van der Waals surface area contributed by atoms with Gasteiger partial charge >= 0.3 is 12.0 Å². The molecule has 0 spiro atoms. The minimum absolute atomic E-state index is 0.0330. The molecule has 0 aliphatic carbocycles. The van der Waals surface area contributed by atoms with Crippen molar-refractivity contribution in [3.8, 4) is 0 Å². The van der Waals surface area contributed by atoms with Gasteiger partial charge in [0.15, 0.2) is 5.82 Å². The lowest BCUT2D eigenvalue weighted by Gasteiger charge is -2.17. The first-order valence-electron chi connectivity index (χ1n) is 7.48. The number of methoxy groups -OCH3 is 1. The second kappa shape index (κ2) is 6.32. The van der Waals surface area contributed by atoms with Crippen LogP contribution in [0.25, 0.3) is 0 Å². The van der Waals surface area contributed by atoms with Crippen LogP contribution in [-0.2, 0) is 4.74 Å². The molecule has 1 aromatic heterocycles. The van der Waals surface area contributed by atoms with Crippen molar-refractivity contribution in [3.63, 3.8) is 0 Å². The van der Waals surface area contributed by atoms with Crippen molar-refractivity contribution < 1.29 is 19.4 Å². The van der Waals surface area contributed by atoms with Crippen LogP contribution in [0.4, 0.5) is 16.3 Å². The SMILES string of the molecule is COC(=O)c1[nH]nc(NC(=O)N2CC(CO)c3ccccc32)c1C. The fourth-order valence-corrected chi connectivity index (χ4v) is 2.83. The number of aliphatic hydroxyl groups excluding tert-OH is 1. The van der Waals surface area contributed by atoms with Crippen LogP contribution in [0.3, 0.4) is 0 Å². The first-order chi connectivity index (χ1) is 11.6. The summed E-state index contributed by atoms with van der Waals surface area (Å²) in [4.78, 5) is 25.8. The van der Waals surface area contributed by atoms with Crippen molar-refractivity contribution in [3.05, 3.63) is 41.1 Å². The van der Waals surface area contributed by atoms with Gasteiger partial charge in [0.1, 0.15) is 5.69 Å². The number of fused-ring (bicyclic) bond motifs is 1. The molecular weight excluding hydrogens is 312 g/mol. The van der Waals surface area contributed by atoms with E-state index in [1.54, 1.807) is 11.8 Å². The number of urea groups is 1. The van der Waals surface area contributed by atoms with Crippen molar-refractivity contribution >= 4 is 23.5 Å². The fraction of sp³-hybridized carbons (Fsp3) is 0.312. The summed E-state index contributed by atoms with van der Waals surface area (Å²) in [6, 6.07) is 7.09. The summed E-state index contributed by atoms with van der Waals surface area (Å²) in [7, 11) is 1.27. The van der Waals surface area contributed by atoms with E-state index in [0.29, 0.717) is 12.1 Å². The minimum atomic E-state index is -0.549. The van der Waals surface area contributed by atoms with Crippen LogP contribution >= 0.6 is 0 Å². The van der Waals surface area contributed by atoms with Crippen molar-refractivity contribution in [2.24, 2.45) is 0 Å². The van der Waals surface area contributed by atoms with Gasteiger partial charge in [0.25, 0.3) is 0 Å². The van der Waals surface area contributed by atoms with Crippen LogP contribution in [0, 0.1) is 6.92 Å². The van der Waals surface area contributed by atoms with E-state index in [-0.39, 0.29) is 30.1 Å². The quantitative estimate of drug-likeness (QED) is 0.742. The maximum absolute atomic E-state index is 12.6. The number of carbonyl (C=O) groups excluding carboxylic acids is 2. The average Bonchev–Trinajstić information content (AvgIpc) is 3.15. The Labute approximate surface area is 138 Å². The molecule has 1 atom stereocenters.